The molecule has 0 amide bonds. The number of halogens is 1. The highest BCUT2D eigenvalue weighted by atomic mass is 35.5. The van der Waals surface area contributed by atoms with E-state index in [0.717, 1.165) is 32.9 Å². The molecule has 7 heteroatoms. The van der Waals surface area contributed by atoms with Gasteiger partial charge in [-0.25, -0.2) is 4.68 Å². The summed E-state index contributed by atoms with van der Waals surface area (Å²) in [5.74, 6) is 1.51. The predicted octanol–water partition coefficient (Wildman–Crippen LogP) is 3.96. The Morgan fingerprint density at radius 1 is 1.13 bits per heavy atom. The van der Waals surface area contributed by atoms with Gasteiger partial charge in [-0.15, -0.1) is 10.2 Å². The molecule has 1 aromatic heterocycles. The van der Waals surface area contributed by atoms with Gasteiger partial charge in [0.25, 0.3) is 0 Å². The minimum atomic E-state index is 0.0752. The Morgan fingerprint density at radius 2 is 1.91 bits per heavy atom. The Bertz CT molecular complexity index is 850. The SMILES string of the molecule is COc1ccccc1-c1nnc2n1N[C@@H](c1ccc(Cl)cc1)S2. The Labute approximate surface area is 142 Å². The van der Waals surface area contributed by atoms with Crippen molar-refractivity contribution in [2.75, 3.05) is 12.5 Å². The number of nitrogens with zero attached hydrogens (tertiary/aromatic N) is 3. The molecule has 0 saturated carbocycles. The maximum Gasteiger partial charge on any atom is 0.212 e. The largest absolute Gasteiger partial charge is 0.496 e. The van der Waals surface area contributed by atoms with Gasteiger partial charge in [0.1, 0.15) is 11.1 Å². The first-order valence-corrected chi connectivity index (χ1v) is 8.29. The maximum absolute atomic E-state index is 5.96. The molecule has 0 saturated heterocycles. The summed E-state index contributed by atoms with van der Waals surface area (Å²) in [7, 11) is 1.65. The summed E-state index contributed by atoms with van der Waals surface area (Å²) in [4.78, 5) is 0. The average Bonchev–Trinajstić information content (AvgIpc) is 3.16. The number of benzene rings is 2. The zero-order chi connectivity index (χ0) is 15.8. The minimum absolute atomic E-state index is 0.0752. The zero-order valence-electron chi connectivity index (χ0n) is 12.2. The Morgan fingerprint density at radius 3 is 2.70 bits per heavy atom. The molecule has 3 aromatic rings. The van der Waals surface area contributed by atoms with E-state index in [-0.39, 0.29) is 5.37 Å². The van der Waals surface area contributed by atoms with E-state index >= 15 is 0 Å². The van der Waals surface area contributed by atoms with Crippen molar-refractivity contribution in [1.82, 2.24) is 14.9 Å². The van der Waals surface area contributed by atoms with Crippen molar-refractivity contribution in [2.45, 2.75) is 10.5 Å². The summed E-state index contributed by atoms with van der Waals surface area (Å²) in [5, 5.41) is 10.2. The third-order valence-corrected chi connectivity index (χ3v) is 4.96. The summed E-state index contributed by atoms with van der Waals surface area (Å²) in [6.45, 7) is 0. The Balaban J connectivity index is 1.68. The van der Waals surface area contributed by atoms with Gasteiger partial charge in [-0.05, 0) is 29.8 Å². The number of methoxy groups -OCH3 is 1. The highest BCUT2D eigenvalue weighted by Crippen LogP contribution is 2.41. The van der Waals surface area contributed by atoms with Gasteiger partial charge in [-0.3, -0.25) is 0 Å². The summed E-state index contributed by atoms with van der Waals surface area (Å²) >= 11 is 7.57. The van der Waals surface area contributed by atoms with Gasteiger partial charge in [-0.2, -0.15) is 0 Å². The van der Waals surface area contributed by atoms with Crippen molar-refractivity contribution in [3.63, 3.8) is 0 Å². The topological polar surface area (TPSA) is 52.0 Å². The first-order chi connectivity index (χ1) is 11.3. The molecule has 1 aliphatic heterocycles. The lowest BCUT2D eigenvalue weighted by atomic mass is 10.2. The molecule has 1 N–H and O–H groups in total. The molecule has 1 atom stereocenters. The van der Waals surface area contributed by atoms with E-state index < -0.39 is 0 Å². The number of nitrogens with one attached hydrogen (secondary N) is 1. The van der Waals surface area contributed by atoms with Crippen molar-refractivity contribution in [1.29, 1.82) is 0 Å². The molecule has 23 heavy (non-hydrogen) atoms. The van der Waals surface area contributed by atoms with E-state index in [0.29, 0.717) is 0 Å². The zero-order valence-corrected chi connectivity index (χ0v) is 13.8. The lowest BCUT2D eigenvalue weighted by Gasteiger charge is -2.13. The summed E-state index contributed by atoms with van der Waals surface area (Å²) in [6.07, 6.45) is 0. The second-order valence-corrected chi connectivity index (χ2v) is 6.53. The fourth-order valence-corrected chi connectivity index (χ4v) is 3.62. The fourth-order valence-electron chi connectivity index (χ4n) is 2.50. The quantitative estimate of drug-likeness (QED) is 0.779. The lowest BCUT2D eigenvalue weighted by Crippen LogP contribution is -2.14. The monoisotopic (exact) mass is 344 g/mol. The number of para-hydroxylation sites is 1. The van der Waals surface area contributed by atoms with Crippen LogP contribution in [0.5, 0.6) is 5.75 Å². The minimum Gasteiger partial charge on any atom is -0.496 e. The van der Waals surface area contributed by atoms with Crippen LogP contribution in [0.25, 0.3) is 11.4 Å². The van der Waals surface area contributed by atoms with Crippen LogP contribution in [0.15, 0.2) is 53.7 Å². The van der Waals surface area contributed by atoms with Gasteiger partial charge in [0, 0.05) is 5.02 Å². The molecular weight excluding hydrogens is 332 g/mol. The van der Waals surface area contributed by atoms with E-state index in [1.165, 1.54) is 0 Å². The molecule has 2 aromatic carbocycles. The first-order valence-electron chi connectivity index (χ1n) is 7.04. The molecule has 0 aliphatic carbocycles. The predicted molar refractivity (Wildman–Crippen MR) is 91.4 cm³/mol. The molecule has 2 heterocycles. The number of hydrogen-bond acceptors (Lipinski definition) is 5. The van der Waals surface area contributed by atoms with Crippen LogP contribution in [0.1, 0.15) is 10.9 Å². The van der Waals surface area contributed by atoms with Gasteiger partial charge in [0.05, 0.1) is 12.7 Å². The van der Waals surface area contributed by atoms with Crippen molar-refractivity contribution < 1.29 is 4.74 Å². The summed E-state index contributed by atoms with van der Waals surface area (Å²) in [5.41, 5.74) is 5.46. The number of ether oxygens (including phenoxy) is 1. The second kappa shape index (κ2) is 5.79. The Kier molecular flexibility index (Phi) is 3.63. The van der Waals surface area contributed by atoms with Gasteiger partial charge >= 0.3 is 0 Å². The van der Waals surface area contributed by atoms with Crippen molar-refractivity contribution >= 4 is 23.4 Å². The number of fused-ring (bicyclic) bond motifs is 1. The van der Waals surface area contributed by atoms with Crippen LogP contribution in [0, 0.1) is 0 Å². The van der Waals surface area contributed by atoms with Crippen LogP contribution in [-0.2, 0) is 0 Å². The first kappa shape index (κ1) is 14.4. The molecule has 4 rings (SSSR count). The van der Waals surface area contributed by atoms with Gasteiger partial charge in [0.15, 0.2) is 5.82 Å². The molecule has 116 valence electrons. The Hall–Kier alpha value is -2.18. The number of thioether (sulfide) groups is 1. The molecule has 0 fully saturated rings. The van der Waals surface area contributed by atoms with Gasteiger partial charge < -0.3 is 10.2 Å². The van der Waals surface area contributed by atoms with Crippen LogP contribution >= 0.6 is 23.4 Å². The van der Waals surface area contributed by atoms with E-state index in [2.05, 4.69) is 15.6 Å². The van der Waals surface area contributed by atoms with Gasteiger partial charge in [-0.1, -0.05) is 47.6 Å². The third kappa shape index (κ3) is 2.54. The standard InChI is InChI=1S/C16H13ClN4OS/c1-22-13-5-3-2-4-12(13)14-18-19-16-21(14)20-15(23-16)10-6-8-11(17)9-7-10/h2-9,15,20H,1H3/t15-/m1/s1. The van der Waals surface area contributed by atoms with Crippen molar-refractivity contribution in [2.24, 2.45) is 0 Å². The molecule has 0 radical (unpaired) electrons. The summed E-state index contributed by atoms with van der Waals surface area (Å²) in [6, 6.07) is 15.6. The van der Waals surface area contributed by atoms with E-state index in [4.69, 9.17) is 16.3 Å². The summed E-state index contributed by atoms with van der Waals surface area (Å²) < 4.78 is 7.33. The average molecular weight is 345 g/mol. The van der Waals surface area contributed by atoms with Crippen LogP contribution in [-0.4, -0.2) is 22.0 Å². The molecular formula is C16H13ClN4OS. The smallest absolute Gasteiger partial charge is 0.212 e. The van der Waals surface area contributed by atoms with Crippen LogP contribution < -0.4 is 10.2 Å². The van der Waals surface area contributed by atoms with Crippen molar-refractivity contribution in [3.05, 3.63) is 59.1 Å². The molecule has 1 aliphatic rings. The van der Waals surface area contributed by atoms with Gasteiger partial charge in [0.2, 0.25) is 5.16 Å². The van der Waals surface area contributed by atoms with E-state index in [1.54, 1.807) is 18.9 Å². The normalized spacial score (nSPS) is 16.0. The maximum atomic E-state index is 5.96. The van der Waals surface area contributed by atoms with Crippen molar-refractivity contribution in [3.8, 4) is 17.1 Å². The van der Waals surface area contributed by atoms with Crippen LogP contribution in [0.2, 0.25) is 5.02 Å². The molecule has 0 spiro atoms. The number of rotatable bonds is 3. The highest BCUT2D eigenvalue weighted by molar-refractivity contribution is 7.99. The lowest BCUT2D eigenvalue weighted by molar-refractivity contribution is 0.416. The molecule has 0 bridgehead atoms. The number of aromatic nitrogens is 3. The fraction of sp³-hybridized carbons (Fsp3) is 0.125. The number of hydrogen-bond donors (Lipinski definition) is 1. The third-order valence-electron chi connectivity index (χ3n) is 3.62. The van der Waals surface area contributed by atoms with E-state index in [9.17, 15) is 0 Å². The van der Waals surface area contributed by atoms with Crippen LogP contribution in [0.4, 0.5) is 0 Å². The second-order valence-electron chi connectivity index (χ2n) is 5.02. The molecule has 5 nitrogen and oxygen atoms in total. The molecule has 0 unspecified atom stereocenters. The van der Waals surface area contributed by atoms with Crippen LogP contribution in [0.3, 0.4) is 0 Å². The highest BCUT2D eigenvalue weighted by Gasteiger charge is 2.28. The van der Waals surface area contributed by atoms with E-state index in [1.807, 2.05) is 53.2 Å².